The second-order valence-corrected chi connectivity index (χ2v) is 10.3. The van der Waals surface area contributed by atoms with Gasteiger partial charge in [0, 0.05) is 18.2 Å². The average Bonchev–Trinajstić information content (AvgIpc) is 2.77. The van der Waals surface area contributed by atoms with Gasteiger partial charge in [-0.1, -0.05) is 69.6 Å². The smallest absolute Gasteiger partial charge is 0.126 e. The molecule has 34 heavy (non-hydrogen) atoms. The van der Waals surface area contributed by atoms with Crippen molar-refractivity contribution in [3.8, 4) is 0 Å². The Hall–Kier alpha value is -1.60. The van der Waals surface area contributed by atoms with Gasteiger partial charge in [0.05, 0.1) is 17.1 Å². The summed E-state index contributed by atoms with van der Waals surface area (Å²) in [6.07, 6.45) is 5.00. The fourth-order valence-corrected chi connectivity index (χ4v) is 5.04. The van der Waals surface area contributed by atoms with Crippen molar-refractivity contribution in [3.63, 3.8) is 0 Å². The maximum atomic E-state index is 13.7. The quantitative estimate of drug-likeness (QED) is 0.353. The van der Waals surface area contributed by atoms with Crippen LogP contribution in [0.4, 0.5) is 8.78 Å². The number of thiocarbonyl (C=S) groups is 1. The Bertz CT molecular complexity index is 930. The first-order valence-corrected chi connectivity index (χ1v) is 12.3. The third-order valence-corrected chi connectivity index (χ3v) is 6.81. The normalized spacial score (nSPS) is 17.0. The lowest BCUT2D eigenvalue weighted by Gasteiger charge is -2.40. The second-order valence-electron chi connectivity index (χ2n) is 9.66. The number of hydrogen-bond acceptors (Lipinski definition) is 3. The minimum atomic E-state index is -0.790. The molecule has 3 nitrogen and oxygen atoms in total. The standard InChI is InChI=1S/C27H36F2N2OS.ClH/c1-18(2)21-8-7-9-22(15-21)27(10-5-4-6-11-27)30-17-26(32)25(31-19(3)33)14-20-12-23(28)16-24(29)13-20;/h7-9,12-13,15-16,18,25-26,30,32H,4-6,10-11,14,17H2,1-3H3,(H,31,33);1H/t25-,26+;/m0./s1. The zero-order chi connectivity index (χ0) is 24.0. The van der Waals surface area contributed by atoms with Gasteiger partial charge < -0.3 is 15.7 Å². The molecular weight excluding hydrogens is 474 g/mol. The Morgan fingerprint density at radius 1 is 1.06 bits per heavy atom. The molecule has 0 aromatic heterocycles. The molecule has 0 aliphatic heterocycles. The van der Waals surface area contributed by atoms with Crippen molar-refractivity contribution in [3.05, 3.63) is 70.8 Å². The predicted molar refractivity (Wildman–Crippen MR) is 142 cm³/mol. The number of hydrogen-bond donors (Lipinski definition) is 3. The highest BCUT2D eigenvalue weighted by atomic mass is 35.5. The molecule has 2 aromatic carbocycles. The van der Waals surface area contributed by atoms with Crippen LogP contribution in [-0.2, 0) is 12.0 Å². The summed E-state index contributed by atoms with van der Waals surface area (Å²) in [7, 11) is 0. The van der Waals surface area contributed by atoms with Gasteiger partial charge in [-0.2, -0.15) is 0 Å². The monoisotopic (exact) mass is 510 g/mol. The summed E-state index contributed by atoms with van der Waals surface area (Å²) in [5, 5.41) is 17.9. The number of rotatable bonds is 9. The molecular formula is C27H37ClF2N2OS. The van der Waals surface area contributed by atoms with Gasteiger partial charge in [0.15, 0.2) is 0 Å². The second kappa shape index (κ2) is 12.9. The fraction of sp³-hybridized carbons (Fsp3) is 0.519. The first kappa shape index (κ1) is 28.6. The highest BCUT2D eigenvalue weighted by molar-refractivity contribution is 7.80. The van der Waals surface area contributed by atoms with Crippen molar-refractivity contribution in [2.45, 2.75) is 82.9 Å². The van der Waals surface area contributed by atoms with Crippen LogP contribution in [0.2, 0.25) is 0 Å². The highest BCUT2D eigenvalue weighted by Crippen LogP contribution is 2.38. The van der Waals surface area contributed by atoms with Gasteiger partial charge in [0.25, 0.3) is 0 Å². The van der Waals surface area contributed by atoms with Crippen LogP contribution >= 0.6 is 24.6 Å². The molecule has 7 heteroatoms. The van der Waals surface area contributed by atoms with Crippen LogP contribution in [0.25, 0.3) is 0 Å². The first-order valence-electron chi connectivity index (χ1n) is 11.9. The zero-order valence-corrected chi connectivity index (χ0v) is 21.9. The van der Waals surface area contributed by atoms with E-state index in [1.54, 1.807) is 6.92 Å². The number of aliphatic hydroxyl groups excluding tert-OH is 1. The third-order valence-electron chi connectivity index (χ3n) is 6.69. The van der Waals surface area contributed by atoms with Crippen molar-refractivity contribution in [1.29, 1.82) is 0 Å². The average molecular weight is 511 g/mol. The van der Waals surface area contributed by atoms with E-state index < -0.39 is 23.8 Å². The Balaban J connectivity index is 0.00000408. The van der Waals surface area contributed by atoms with Gasteiger partial charge in [-0.15, -0.1) is 12.4 Å². The summed E-state index contributed by atoms with van der Waals surface area (Å²) in [4.78, 5) is 0.535. The van der Waals surface area contributed by atoms with Crippen molar-refractivity contribution < 1.29 is 13.9 Å². The SMILES string of the molecule is CC(=S)N[C@@H](Cc1cc(F)cc(F)c1)[C@H](O)CNC1(c2cccc(C(C)C)c2)CCCCC1.Cl. The zero-order valence-electron chi connectivity index (χ0n) is 20.2. The van der Waals surface area contributed by atoms with Crippen LogP contribution in [-0.4, -0.2) is 28.8 Å². The van der Waals surface area contributed by atoms with Gasteiger partial charge in [-0.3, -0.25) is 0 Å². The molecule has 0 bridgehead atoms. The van der Waals surface area contributed by atoms with Crippen LogP contribution in [0.3, 0.4) is 0 Å². The molecule has 0 spiro atoms. The number of benzene rings is 2. The molecule has 1 fully saturated rings. The first-order chi connectivity index (χ1) is 15.7. The lowest BCUT2D eigenvalue weighted by Crippen LogP contribution is -2.53. The molecule has 3 rings (SSSR count). The van der Waals surface area contributed by atoms with Crippen molar-refractivity contribution in [1.82, 2.24) is 10.6 Å². The van der Waals surface area contributed by atoms with Gasteiger partial charge >= 0.3 is 0 Å². The highest BCUT2D eigenvalue weighted by Gasteiger charge is 2.35. The van der Waals surface area contributed by atoms with Crippen LogP contribution in [0, 0.1) is 11.6 Å². The van der Waals surface area contributed by atoms with Crippen LogP contribution in [0.1, 0.15) is 75.5 Å². The molecule has 1 saturated carbocycles. The largest absolute Gasteiger partial charge is 0.390 e. The molecule has 0 saturated heterocycles. The lowest BCUT2D eigenvalue weighted by molar-refractivity contribution is 0.110. The van der Waals surface area contributed by atoms with Gasteiger partial charge in [-0.25, -0.2) is 8.78 Å². The van der Waals surface area contributed by atoms with Crippen molar-refractivity contribution in [2.75, 3.05) is 6.54 Å². The molecule has 188 valence electrons. The molecule has 0 radical (unpaired) electrons. The van der Waals surface area contributed by atoms with Crippen molar-refractivity contribution >= 4 is 29.6 Å². The minimum absolute atomic E-state index is 0. The van der Waals surface area contributed by atoms with E-state index >= 15 is 0 Å². The Morgan fingerprint density at radius 2 is 1.71 bits per heavy atom. The number of nitrogens with one attached hydrogen (secondary N) is 2. The molecule has 1 aliphatic rings. The molecule has 2 atom stereocenters. The lowest BCUT2D eigenvalue weighted by atomic mass is 9.75. The number of halogens is 3. The topological polar surface area (TPSA) is 44.3 Å². The maximum absolute atomic E-state index is 13.7. The summed E-state index contributed by atoms with van der Waals surface area (Å²) in [5.41, 5.74) is 2.87. The van der Waals surface area contributed by atoms with E-state index in [9.17, 15) is 13.9 Å². The summed E-state index contributed by atoms with van der Waals surface area (Å²) in [6.45, 7) is 6.49. The van der Waals surface area contributed by atoms with Crippen LogP contribution in [0.15, 0.2) is 42.5 Å². The van der Waals surface area contributed by atoms with Crippen molar-refractivity contribution in [2.24, 2.45) is 0 Å². The van der Waals surface area contributed by atoms with Gasteiger partial charge in [-0.05, 0) is 60.9 Å². The van der Waals surface area contributed by atoms with Crippen LogP contribution < -0.4 is 10.6 Å². The minimum Gasteiger partial charge on any atom is -0.390 e. The van der Waals surface area contributed by atoms with E-state index in [4.69, 9.17) is 12.2 Å². The summed E-state index contributed by atoms with van der Waals surface area (Å²) in [5.74, 6) is -0.801. The van der Waals surface area contributed by atoms with Crippen LogP contribution in [0.5, 0.6) is 0 Å². The maximum Gasteiger partial charge on any atom is 0.126 e. The number of aliphatic hydroxyl groups is 1. The molecule has 1 aliphatic carbocycles. The van der Waals surface area contributed by atoms with Gasteiger partial charge in [0.2, 0.25) is 0 Å². The van der Waals surface area contributed by atoms with E-state index in [1.807, 2.05) is 0 Å². The van der Waals surface area contributed by atoms with E-state index in [-0.39, 0.29) is 24.4 Å². The molecule has 2 aromatic rings. The Labute approximate surface area is 214 Å². The molecule has 0 heterocycles. The molecule has 0 amide bonds. The fourth-order valence-electron chi connectivity index (χ4n) is 4.89. The van der Waals surface area contributed by atoms with E-state index in [1.165, 1.54) is 29.7 Å². The van der Waals surface area contributed by atoms with E-state index in [0.717, 1.165) is 31.7 Å². The third kappa shape index (κ3) is 7.70. The Kier molecular flexibility index (Phi) is 10.9. The van der Waals surface area contributed by atoms with E-state index in [0.29, 0.717) is 23.0 Å². The Morgan fingerprint density at radius 3 is 2.29 bits per heavy atom. The molecule has 0 unspecified atom stereocenters. The van der Waals surface area contributed by atoms with E-state index in [2.05, 4.69) is 48.7 Å². The predicted octanol–water partition coefficient (Wildman–Crippen LogP) is 6.17. The summed E-state index contributed by atoms with van der Waals surface area (Å²) >= 11 is 5.21. The van der Waals surface area contributed by atoms with Gasteiger partial charge in [0.1, 0.15) is 11.6 Å². The molecule has 3 N–H and O–H groups in total. The summed E-state index contributed by atoms with van der Waals surface area (Å²) in [6, 6.07) is 11.8. The summed E-state index contributed by atoms with van der Waals surface area (Å²) < 4.78 is 27.4.